The van der Waals surface area contributed by atoms with Crippen molar-refractivity contribution < 1.29 is 4.74 Å². The lowest BCUT2D eigenvalue weighted by molar-refractivity contribution is 0.154. The van der Waals surface area contributed by atoms with Crippen LogP contribution in [0.3, 0.4) is 0 Å². The van der Waals surface area contributed by atoms with E-state index in [0.717, 1.165) is 36.8 Å². The van der Waals surface area contributed by atoms with E-state index in [4.69, 9.17) is 16.3 Å². The highest BCUT2D eigenvalue weighted by atomic mass is 35.5. The van der Waals surface area contributed by atoms with Gasteiger partial charge in [0.1, 0.15) is 5.82 Å². The fraction of sp³-hybridized carbons (Fsp3) is 0.583. The van der Waals surface area contributed by atoms with Crippen LogP contribution in [-0.2, 0) is 10.6 Å². The van der Waals surface area contributed by atoms with Crippen molar-refractivity contribution in [2.75, 3.05) is 31.7 Å². The molecule has 0 aliphatic carbocycles. The first kappa shape index (κ1) is 13.3. The van der Waals surface area contributed by atoms with E-state index in [1.54, 1.807) is 0 Å². The van der Waals surface area contributed by atoms with Crippen molar-refractivity contribution in [2.24, 2.45) is 0 Å². The maximum absolute atomic E-state index is 5.79. The Balaban J connectivity index is 2.62. The molecule has 0 fully saturated rings. The summed E-state index contributed by atoms with van der Waals surface area (Å²) in [7, 11) is 2.02. The first-order valence-electron chi connectivity index (χ1n) is 5.50. The third kappa shape index (κ3) is 3.65. The standard InChI is InChI=1S/C12H19ClN2O/c1-4-16-8-7-15(3)12-6-5-11(9-13)10(2)14-12/h5-6H,4,7-9H2,1-3H3. The highest BCUT2D eigenvalue weighted by Gasteiger charge is 2.04. The van der Waals surface area contributed by atoms with Crippen molar-refractivity contribution >= 4 is 17.4 Å². The van der Waals surface area contributed by atoms with Crippen molar-refractivity contribution in [3.63, 3.8) is 0 Å². The molecule has 0 saturated heterocycles. The van der Waals surface area contributed by atoms with Gasteiger partial charge in [-0.05, 0) is 25.5 Å². The normalized spacial score (nSPS) is 10.5. The predicted octanol–water partition coefficient (Wildman–Crippen LogP) is 2.60. The van der Waals surface area contributed by atoms with Crippen LogP contribution < -0.4 is 4.90 Å². The summed E-state index contributed by atoms with van der Waals surface area (Å²) in [4.78, 5) is 6.59. The van der Waals surface area contributed by atoms with E-state index < -0.39 is 0 Å². The molecule has 0 spiro atoms. The molecule has 0 atom stereocenters. The van der Waals surface area contributed by atoms with E-state index in [9.17, 15) is 0 Å². The lowest BCUT2D eigenvalue weighted by Crippen LogP contribution is -2.23. The van der Waals surface area contributed by atoms with Gasteiger partial charge in [-0.3, -0.25) is 0 Å². The predicted molar refractivity (Wildman–Crippen MR) is 68.3 cm³/mol. The van der Waals surface area contributed by atoms with Crippen LogP contribution in [0, 0.1) is 6.92 Å². The third-order valence-corrected chi connectivity index (χ3v) is 2.78. The Morgan fingerprint density at radius 3 is 2.75 bits per heavy atom. The molecule has 16 heavy (non-hydrogen) atoms. The molecule has 3 nitrogen and oxygen atoms in total. The zero-order valence-electron chi connectivity index (χ0n) is 10.2. The highest BCUT2D eigenvalue weighted by Crippen LogP contribution is 2.14. The van der Waals surface area contributed by atoms with E-state index >= 15 is 0 Å². The molecule has 0 bridgehead atoms. The lowest BCUT2D eigenvalue weighted by atomic mass is 10.2. The van der Waals surface area contributed by atoms with Crippen LogP contribution >= 0.6 is 11.6 Å². The van der Waals surface area contributed by atoms with Crippen LogP contribution in [-0.4, -0.2) is 31.8 Å². The number of hydrogen-bond acceptors (Lipinski definition) is 3. The molecule has 1 heterocycles. The minimum atomic E-state index is 0.516. The van der Waals surface area contributed by atoms with Gasteiger partial charge in [-0.15, -0.1) is 11.6 Å². The molecule has 1 rings (SSSR count). The van der Waals surface area contributed by atoms with Gasteiger partial charge >= 0.3 is 0 Å². The lowest BCUT2D eigenvalue weighted by Gasteiger charge is -2.18. The molecule has 0 unspecified atom stereocenters. The first-order valence-corrected chi connectivity index (χ1v) is 6.03. The van der Waals surface area contributed by atoms with Gasteiger partial charge in [0.2, 0.25) is 0 Å². The Morgan fingerprint density at radius 2 is 2.19 bits per heavy atom. The number of likely N-dealkylation sites (N-methyl/N-ethyl adjacent to an activating group) is 1. The number of ether oxygens (including phenoxy) is 1. The SMILES string of the molecule is CCOCCN(C)c1ccc(CCl)c(C)n1. The van der Waals surface area contributed by atoms with Crippen LogP contribution in [0.1, 0.15) is 18.2 Å². The molecule has 0 amide bonds. The molecule has 0 N–H and O–H groups in total. The molecule has 4 heteroatoms. The molecule has 0 aliphatic rings. The molecule has 0 radical (unpaired) electrons. The Kier molecular flexibility index (Phi) is 5.56. The molecule has 1 aromatic heterocycles. The first-order chi connectivity index (χ1) is 7.69. The summed E-state index contributed by atoms with van der Waals surface area (Å²) in [6, 6.07) is 4.03. The van der Waals surface area contributed by atoms with E-state index in [1.807, 2.05) is 33.0 Å². The van der Waals surface area contributed by atoms with E-state index in [1.165, 1.54) is 0 Å². The summed E-state index contributed by atoms with van der Waals surface area (Å²) in [5.74, 6) is 1.48. The van der Waals surface area contributed by atoms with E-state index in [-0.39, 0.29) is 0 Å². The van der Waals surface area contributed by atoms with Gasteiger partial charge in [0.15, 0.2) is 0 Å². The van der Waals surface area contributed by atoms with Gasteiger partial charge < -0.3 is 9.64 Å². The van der Waals surface area contributed by atoms with Crippen molar-refractivity contribution in [2.45, 2.75) is 19.7 Å². The summed E-state index contributed by atoms with van der Waals surface area (Å²) < 4.78 is 5.31. The Labute approximate surface area is 102 Å². The number of aryl methyl sites for hydroxylation is 1. The minimum absolute atomic E-state index is 0.516. The number of anilines is 1. The maximum Gasteiger partial charge on any atom is 0.128 e. The number of hydrogen-bond donors (Lipinski definition) is 0. The molecule has 90 valence electrons. The smallest absolute Gasteiger partial charge is 0.128 e. The van der Waals surface area contributed by atoms with Crippen LogP contribution in [0.5, 0.6) is 0 Å². The van der Waals surface area contributed by atoms with Gasteiger partial charge in [-0.2, -0.15) is 0 Å². The molecule has 1 aromatic rings. The zero-order chi connectivity index (χ0) is 12.0. The van der Waals surface area contributed by atoms with Gasteiger partial charge in [-0.25, -0.2) is 4.98 Å². The molecule has 0 aliphatic heterocycles. The Bertz CT molecular complexity index is 331. The third-order valence-electron chi connectivity index (χ3n) is 2.49. The average Bonchev–Trinajstić information content (AvgIpc) is 2.29. The monoisotopic (exact) mass is 242 g/mol. The second-order valence-corrected chi connectivity index (χ2v) is 3.93. The molecule has 0 saturated carbocycles. The van der Waals surface area contributed by atoms with E-state index in [0.29, 0.717) is 5.88 Å². The highest BCUT2D eigenvalue weighted by molar-refractivity contribution is 6.17. The van der Waals surface area contributed by atoms with Crippen molar-refractivity contribution in [3.05, 3.63) is 23.4 Å². The quantitative estimate of drug-likeness (QED) is 0.567. The van der Waals surface area contributed by atoms with Gasteiger partial charge in [0.25, 0.3) is 0 Å². The summed E-state index contributed by atoms with van der Waals surface area (Å²) in [6.45, 7) is 6.31. The largest absolute Gasteiger partial charge is 0.380 e. The zero-order valence-corrected chi connectivity index (χ0v) is 10.9. The molecular formula is C12H19ClN2O. The number of rotatable bonds is 6. The van der Waals surface area contributed by atoms with Crippen molar-refractivity contribution in [3.8, 4) is 0 Å². The van der Waals surface area contributed by atoms with Crippen LogP contribution in [0.2, 0.25) is 0 Å². The van der Waals surface area contributed by atoms with Gasteiger partial charge in [0, 0.05) is 31.8 Å². The summed E-state index contributed by atoms with van der Waals surface area (Å²) in [5.41, 5.74) is 2.08. The number of aromatic nitrogens is 1. The Morgan fingerprint density at radius 1 is 1.44 bits per heavy atom. The van der Waals surface area contributed by atoms with E-state index in [2.05, 4.69) is 9.88 Å². The number of nitrogens with zero attached hydrogens (tertiary/aromatic N) is 2. The van der Waals surface area contributed by atoms with Crippen LogP contribution in [0.4, 0.5) is 5.82 Å². The second-order valence-electron chi connectivity index (χ2n) is 3.67. The van der Waals surface area contributed by atoms with Crippen LogP contribution in [0.25, 0.3) is 0 Å². The Hall–Kier alpha value is -0.800. The average molecular weight is 243 g/mol. The summed E-state index contributed by atoms with van der Waals surface area (Å²) in [6.07, 6.45) is 0. The fourth-order valence-electron chi connectivity index (χ4n) is 1.39. The molecular weight excluding hydrogens is 224 g/mol. The summed E-state index contributed by atoms with van der Waals surface area (Å²) >= 11 is 5.79. The minimum Gasteiger partial charge on any atom is -0.380 e. The topological polar surface area (TPSA) is 25.4 Å². The summed E-state index contributed by atoms with van der Waals surface area (Å²) in [5, 5.41) is 0. The van der Waals surface area contributed by atoms with Gasteiger partial charge in [-0.1, -0.05) is 6.07 Å². The van der Waals surface area contributed by atoms with Crippen molar-refractivity contribution in [1.29, 1.82) is 0 Å². The van der Waals surface area contributed by atoms with Crippen molar-refractivity contribution in [1.82, 2.24) is 4.98 Å². The number of alkyl halides is 1. The molecule has 0 aromatic carbocycles. The van der Waals surface area contributed by atoms with Gasteiger partial charge in [0.05, 0.1) is 6.61 Å². The fourth-order valence-corrected chi connectivity index (χ4v) is 1.67. The van der Waals surface area contributed by atoms with Crippen LogP contribution in [0.15, 0.2) is 12.1 Å². The maximum atomic E-state index is 5.79. The number of halogens is 1. The number of pyridine rings is 1. The second kappa shape index (κ2) is 6.71.